The van der Waals surface area contributed by atoms with Gasteiger partial charge in [0.2, 0.25) is 5.91 Å². The molecule has 3 rings (SSSR count). The zero-order chi connectivity index (χ0) is 13.2. The Morgan fingerprint density at radius 2 is 2.26 bits per heavy atom. The van der Waals surface area contributed by atoms with Crippen molar-refractivity contribution >= 4 is 39.2 Å². The standard InChI is InChI=1S/C12H14N4OS2/c13-16-9(17)5-18-11-10-7-3-1-2-4-8(7)19-12(10)15-6-14-11/h6H,1-5,13H2,(H,16,17). The van der Waals surface area contributed by atoms with E-state index in [-0.39, 0.29) is 11.7 Å². The van der Waals surface area contributed by atoms with E-state index in [0.29, 0.717) is 0 Å². The molecule has 0 fully saturated rings. The summed E-state index contributed by atoms with van der Waals surface area (Å²) in [6.45, 7) is 0. The lowest BCUT2D eigenvalue weighted by molar-refractivity contribution is -0.118. The summed E-state index contributed by atoms with van der Waals surface area (Å²) in [5.41, 5.74) is 3.53. The number of amides is 1. The Balaban J connectivity index is 1.99. The van der Waals surface area contributed by atoms with Gasteiger partial charge < -0.3 is 0 Å². The molecule has 0 aromatic carbocycles. The van der Waals surface area contributed by atoms with E-state index in [2.05, 4.69) is 15.4 Å². The minimum atomic E-state index is -0.194. The summed E-state index contributed by atoms with van der Waals surface area (Å²) in [5.74, 6) is 5.19. The van der Waals surface area contributed by atoms with Gasteiger partial charge in [0.05, 0.1) is 5.75 Å². The van der Waals surface area contributed by atoms with E-state index in [1.807, 2.05) is 0 Å². The molecule has 2 aromatic heterocycles. The molecule has 7 heteroatoms. The first-order valence-corrected chi connectivity index (χ1v) is 7.97. The van der Waals surface area contributed by atoms with Gasteiger partial charge in [0, 0.05) is 10.3 Å². The molecule has 1 amide bonds. The average molecular weight is 294 g/mol. The number of hydrogen-bond donors (Lipinski definition) is 2. The molecule has 0 radical (unpaired) electrons. The van der Waals surface area contributed by atoms with Crippen LogP contribution in [0.5, 0.6) is 0 Å². The second-order valence-electron chi connectivity index (χ2n) is 4.43. The van der Waals surface area contributed by atoms with Crippen LogP contribution in [0, 0.1) is 0 Å². The Morgan fingerprint density at radius 1 is 1.42 bits per heavy atom. The second-order valence-corrected chi connectivity index (χ2v) is 6.47. The molecule has 0 unspecified atom stereocenters. The quantitative estimate of drug-likeness (QED) is 0.296. The molecule has 0 saturated carbocycles. The molecule has 2 heterocycles. The predicted octanol–water partition coefficient (Wildman–Crippen LogP) is 1.65. The third-order valence-corrected chi connectivity index (χ3v) is 5.41. The first-order valence-electron chi connectivity index (χ1n) is 6.17. The number of fused-ring (bicyclic) bond motifs is 3. The van der Waals surface area contributed by atoms with Crippen molar-refractivity contribution in [1.82, 2.24) is 15.4 Å². The van der Waals surface area contributed by atoms with Crippen LogP contribution in [0.2, 0.25) is 0 Å². The average Bonchev–Trinajstić information content (AvgIpc) is 2.83. The number of carbonyl (C=O) groups excluding carboxylic acids is 1. The molecule has 0 atom stereocenters. The number of carbonyl (C=O) groups is 1. The summed E-state index contributed by atoms with van der Waals surface area (Å²) >= 11 is 3.19. The molecule has 0 aliphatic heterocycles. The lowest BCUT2D eigenvalue weighted by Crippen LogP contribution is -2.31. The van der Waals surface area contributed by atoms with Crippen LogP contribution in [-0.2, 0) is 17.6 Å². The fraction of sp³-hybridized carbons (Fsp3) is 0.417. The predicted molar refractivity (Wildman–Crippen MR) is 77.1 cm³/mol. The number of thioether (sulfide) groups is 1. The van der Waals surface area contributed by atoms with E-state index < -0.39 is 0 Å². The van der Waals surface area contributed by atoms with Gasteiger partial charge in [-0.3, -0.25) is 10.2 Å². The van der Waals surface area contributed by atoms with Crippen LogP contribution >= 0.6 is 23.1 Å². The molecule has 0 spiro atoms. The monoisotopic (exact) mass is 294 g/mol. The molecular weight excluding hydrogens is 280 g/mol. The van der Waals surface area contributed by atoms with Crippen molar-refractivity contribution < 1.29 is 4.79 Å². The van der Waals surface area contributed by atoms with Crippen molar-refractivity contribution in [2.45, 2.75) is 30.7 Å². The highest BCUT2D eigenvalue weighted by molar-refractivity contribution is 8.00. The van der Waals surface area contributed by atoms with Crippen LogP contribution in [0.25, 0.3) is 10.2 Å². The summed E-state index contributed by atoms with van der Waals surface area (Å²) < 4.78 is 0. The van der Waals surface area contributed by atoms with Crippen LogP contribution in [0.1, 0.15) is 23.3 Å². The van der Waals surface area contributed by atoms with Gasteiger partial charge in [-0.2, -0.15) is 0 Å². The zero-order valence-corrected chi connectivity index (χ0v) is 11.9. The Labute approximate surface area is 119 Å². The molecule has 100 valence electrons. The normalized spacial score (nSPS) is 14.4. The zero-order valence-electron chi connectivity index (χ0n) is 10.3. The van der Waals surface area contributed by atoms with Crippen LogP contribution in [-0.4, -0.2) is 21.6 Å². The van der Waals surface area contributed by atoms with Crippen molar-refractivity contribution in [1.29, 1.82) is 0 Å². The molecule has 0 saturated heterocycles. The van der Waals surface area contributed by atoms with Crippen LogP contribution < -0.4 is 11.3 Å². The summed E-state index contributed by atoms with van der Waals surface area (Å²) in [7, 11) is 0. The van der Waals surface area contributed by atoms with Gasteiger partial charge in [-0.15, -0.1) is 11.3 Å². The fourth-order valence-electron chi connectivity index (χ4n) is 2.35. The van der Waals surface area contributed by atoms with E-state index in [9.17, 15) is 4.79 Å². The summed E-state index contributed by atoms with van der Waals surface area (Å²) in [4.78, 5) is 22.4. The largest absolute Gasteiger partial charge is 0.294 e. The van der Waals surface area contributed by atoms with Gasteiger partial charge in [0.1, 0.15) is 16.2 Å². The minimum Gasteiger partial charge on any atom is -0.294 e. The number of hydrazine groups is 1. The van der Waals surface area contributed by atoms with E-state index >= 15 is 0 Å². The number of nitrogens with one attached hydrogen (secondary N) is 1. The summed E-state index contributed by atoms with van der Waals surface area (Å²) in [6, 6.07) is 0. The summed E-state index contributed by atoms with van der Waals surface area (Å²) in [6.07, 6.45) is 6.29. The summed E-state index contributed by atoms with van der Waals surface area (Å²) in [5, 5.41) is 2.05. The fourth-order valence-corrected chi connectivity index (χ4v) is 4.48. The molecule has 0 bridgehead atoms. The Morgan fingerprint density at radius 3 is 3.11 bits per heavy atom. The van der Waals surface area contributed by atoms with E-state index in [1.54, 1.807) is 17.7 Å². The van der Waals surface area contributed by atoms with Gasteiger partial charge in [-0.25, -0.2) is 15.8 Å². The van der Waals surface area contributed by atoms with Crippen molar-refractivity contribution in [3.05, 3.63) is 16.8 Å². The Kier molecular flexibility index (Phi) is 3.67. The lowest BCUT2D eigenvalue weighted by atomic mass is 9.97. The number of aryl methyl sites for hydroxylation is 2. The second kappa shape index (κ2) is 5.44. The maximum atomic E-state index is 11.3. The van der Waals surface area contributed by atoms with Gasteiger partial charge in [0.25, 0.3) is 0 Å². The van der Waals surface area contributed by atoms with Crippen LogP contribution in [0.3, 0.4) is 0 Å². The number of rotatable bonds is 3. The molecule has 5 nitrogen and oxygen atoms in total. The third-order valence-electron chi connectivity index (χ3n) is 3.22. The molecule has 19 heavy (non-hydrogen) atoms. The highest BCUT2D eigenvalue weighted by atomic mass is 32.2. The van der Waals surface area contributed by atoms with Crippen molar-refractivity contribution in [3.63, 3.8) is 0 Å². The molecule has 1 aliphatic carbocycles. The number of thiophene rings is 1. The molecule has 2 aromatic rings. The van der Waals surface area contributed by atoms with E-state index in [0.717, 1.165) is 28.1 Å². The van der Waals surface area contributed by atoms with Gasteiger partial charge in [-0.05, 0) is 31.2 Å². The minimum absolute atomic E-state index is 0.194. The maximum Gasteiger partial charge on any atom is 0.244 e. The molecular formula is C12H14N4OS2. The third kappa shape index (κ3) is 2.45. The van der Waals surface area contributed by atoms with Crippen molar-refractivity contribution in [3.8, 4) is 0 Å². The van der Waals surface area contributed by atoms with Crippen molar-refractivity contribution in [2.24, 2.45) is 5.84 Å². The highest BCUT2D eigenvalue weighted by Gasteiger charge is 2.20. The molecule has 3 N–H and O–H groups in total. The van der Waals surface area contributed by atoms with Gasteiger partial charge in [-0.1, -0.05) is 11.8 Å². The first-order chi connectivity index (χ1) is 9.29. The van der Waals surface area contributed by atoms with E-state index in [4.69, 9.17) is 5.84 Å². The number of nitrogens with zero attached hydrogens (tertiary/aromatic N) is 2. The number of aromatic nitrogens is 2. The SMILES string of the molecule is NNC(=O)CSc1ncnc2sc3c(c12)CCCC3. The first kappa shape index (κ1) is 12.8. The van der Waals surface area contributed by atoms with Gasteiger partial charge in [0.15, 0.2) is 0 Å². The highest BCUT2D eigenvalue weighted by Crippen LogP contribution is 2.39. The lowest BCUT2D eigenvalue weighted by Gasteiger charge is -2.11. The maximum absolute atomic E-state index is 11.3. The number of nitrogens with two attached hydrogens (primary N) is 1. The van der Waals surface area contributed by atoms with Gasteiger partial charge >= 0.3 is 0 Å². The van der Waals surface area contributed by atoms with Crippen LogP contribution in [0.15, 0.2) is 11.4 Å². The Hall–Kier alpha value is -1.18. The van der Waals surface area contributed by atoms with Crippen molar-refractivity contribution in [2.75, 3.05) is 5.75 Å². The Bertz CT molecular complexity index is 625. The van der Waals surface area contributed by atoms with E-state index in [1.165, 1.54) is 35.0 Å². The topological polar surface area (TPSA) is 80.9 Å². The smallest absolute Gasteiger partial charge is 0.244 e. The molecule has 1 aliphatic rings. The van der Waals surface area contributed by atoms with Crippen LogP contribution in [0.4, 0.5) is 0 Å². The number of hydrogen-bond acceptors (Lipinski definition) is 6.